The number of fused-ring (bicyclic) bond motifs is 1. The number of hydrogen-bond acceptors (Lipinski definition) is 9. The summed E-state index contributed by atoms with van der Waals surface area (Å²) >= 11 is 0. The van der Waals surface area contributed by atoms with Crippen molar-refractivity contribution in [2.75, 3.05) is 11.8 Å². The molecule has 3 N–H and O–H groups in total. The first kappa shape index (κ1) is 27.4. The standard InChI is InChI=1S/C25H27N5O8S/c1-25(2,3)37-24(33)26-11-16-12-27-30(14-16)13-15-9-18(36-4)21-19(10-15)38-28-22(21)29-39(34,35)20-8-6-5-7-17(20)23(31)32/h5-10,12,14H,11,13H2,1-4H3,(H,26,33)(H,28,29)(H,31,32). The number of ether oxygens (including phenoxy) is 2. The van der Waals surface area contributed by atoms with Gasteiger partial charge in [-0.3, -0.25) is 9.40 Å². The Morgan fingerprint density at radius 1 is 1.15 bits per heavy atom. The zero-order valence-corrected chi connectivity index (χ0v) is 22.4. The SMILES string of the molecule is COc1cc(Cn2cc(CNC(=O)OC(C)(C)C)cn2)cc2onc(NS(=O)(=O)c3ccccc3C(=O)O)c12. The van der Waals surface area contributed by atoms with Gasteiger partial charge in [0.05, 0.1) is 25.4 Å². The molecule has 2 aromatic heterocycles. The van der Waals surface area contributed by atoms with Crippen molar-refractivity contribution in [1.82, 2.24) is 20.3 Å². The largest absolute Gasteiger partial charge is 0.496 e. The van der Waals surface area contributed by atoms with Crippen molar-refractivity contribution in [3.63, 3.8) is 0 Å². The Kier molecular flexibility index (Phi) is 7.49. The van der Waals surface area contributed by atoms with E-state index in [9.17, 15) is 23.1 Å². The molecule has 0 aliphatic heterocycles. The van der Waals surface area contributed by atoms with Gasteiger partial charge in [-0.15, -0.1) is 0 Å². The fourth-order valence-electron chi connectivity index (χ4n) is 3.73. The maximum Gasteiger partial charge on any atom is 0.407 e. The van der Waals surface area contributed by atoms with E-state index in [4.69, 9.17) is 14.0 Å². The normalized spacial score (nSPS) is 11.8. The molecule has 0 bridgehead atoms. The van der Waals surface area contributed by atoms with Crippen LogP contribution < -0.4 is 14.8 Å². The van der Waals surface area contributed by atoms with Crippen molar-refractivity contribution >= 4 is 38.9 Å². The second-order valence-electron chi connectivity index (χ2n) is 9.51. The molecule has 4 rings (SSSR count). The van der Waals surface area contributed by atoms with Gasteiger partial charge in [0.1, 0.15) is 21.6 Å². The number of carbonyl (C=O) groups excluding carboxylic acids is 1. The van der Waals surface area contributed by atoms with Crippen LogP contribution in [-0.2, 0) is 27.8 Å². The molecule has 0 aliphatic rings. The van der Waals surface area contributed by atoms with Crippen LogP contribution in [0.5, 0.6) is 5.75 Å². The zero-order valence-electron chi connectivity index (χ0n) is 21.6. The van der Waals surface area contributed by atoms with Gasteiger partial charge >= 0.3 is 12.1 Å². The lowest BCUT2D eigenvalue weighted by Gasteiger charge is -2.19. The van der Waals surface area contributed by atoms with Crippen molar-refractivity contribution in [2.45, 2.75) is 44.4 Å². The minimum Gasteiger partial charge on any atom is -0.496 e. The van der Waals surface area contributed by atoms with Crippen molar-refractivity contribution < 1.29 is 37.1 Å². The average Bonchev–Trinajstić information content (AvgIpc) is 3.47. The van der Waals surface area contributed by atoms with Crippen molar-refractivity contribution in [3.05, 3.63) is 65.5 Å². The molecular formula is C25H27N5O8S. The summed E-state index contributed by atoms with van der Waals surface area (Å²) in [4.78, 5) is 23.0. The molecule has 0 saturated heterocycles. The Hall–Kier alpha value is -4.59. The van der Waals surface area contributed by atoms with E-state index in [0.717, 1.165) is 11.1 Å². The van der Waals surface area contributed by atoms with Gasteiger partial charge < -0.3 is 24.4 Å². The van der Waals surface area contributed by atoms with Crippen LogP contribution in [0.1, 0.15) is 42.3 Å². The number of anilines is 1. The van der Waals surface area contributed by atoms with Gasteiger partial charge in [-0.1, -0.05) is 17.3 Å². The van der Waals surface area contributed by atoms with Gasteiger partial charge in [0, 0.05) is 18.3 Å². The molecule has 0 spiro atoms. The highest BCUT2D eigenvalue weighted by Crippen LogP contribution is 2.35. The Balaban J connectivity index is 1.53. The van der Waals surface area contributed by atoms with Crippen LogP contribution in [0.3, 0.4) is 0 Å². The molecule has 13 nitrogen and oxygen atoms in total. The number of aromatic nitrogens is 3. The Morgan fingerprint density at radius 3 is 2.59 bits per heavy atom. The third-order valence-corrected chi connectivity index (χ3v) is 6.72. The number of carboxylic acid groups (broad SMARTS) is 1. The minimum absolute atomic E-state index is 0.150. The number of aromatic carboxylic acids is 1. The number of sulfonamides is 1. The highest BCUT2D eigenvalue weighted by Gasteiger charge is 2.25. The third-order valence-electron chi connectivity index (χ3n) is 5.32. The monoisotopic (exact) mass is 557 g/mol. The number of carbonyl (C=O) groups is 2. The lowest BCUT2D eigenvalue weighted by atomic mass is 10.1. The maximum atomic E-state index is 13.0. The van der Waals surface area contributed by atoms with Crippen LogP contribution in [0.25, 0.3) is 11.0 Å². The summed E-state index contributed by atoms with van der Waals surface area (Å²) in [7, 11) is -2.90. The highest BCUT2D eigenvalue weighted by atomic mass is 32.2. The van der Waals surface area contributed by atoms with Crippen LogP contribution in [0, 0.1) is 0 Å². The first-order valence-electron chi connectivity index (χ1n) is 11.7. The number of benzene rings is 2. The summed E-state index contributed by atoms with van der Waals surface area (Å²) < 4.78 is 46.0. The van der Waals surface area contributed by atoms with Gasteiger partial charge in [-0.25, -0.2) is 18.0 Å². The number of nitrogens with zero attached hydrogens (tertiary/aromatic N) is 3. The molecule has 2 heterocycles. The minimum atomic E-state index is -4.32. The molecule has 14 heteroatoms. The Morgan fingerprint density at radius 2 is 1.90 bits per heavy atom. The zero-order chi connectivity index (χ0) is 28.4. The average molecular weight is 558 g/mol. The molecule has 4 aromatic rings. The van der Waals surface area contributed by atoms with E-state index in [1.165, 1.54) is 31.4 Å². The molecule has 0 radical (unpaired) electrons. The van der Waals surface area contributed by atoms with Crippen LogP contribution in [0.4, 0.5) is 10.6 Å². The number of amides is 1. The first-order chi connectivity index (χ1) is 18.4. The number of alkyl carbamates (subject to hydrolysis) is 1. The topological polar surface area (TPSA) is 175 Å². The number of nitrogens with one attached hydrogen (secondary N) is 2. The quantitative estimate of drug-likeness (QED) is 0.276. The van der Waals surface area contributed by atoms with E-state index in [0.29, 0.717) is 6.54 Å². The molecule has 39 heavy (non-hydrogen) atoms. The van der Waals surface area contributed by atoms with Crippen molar-refractivity contribution in [3.8, 4) is 5.75 Å². The summed E-state index contributed by atoms with van der Waals surface area (Å²) in [6.45, 7) is 5.88. The number of carboxylic acids is 1. The molecule has 0 aliphatic carbocycles. The van der Waals surface area contributed by atoms with E-state index in [1.54, 1.807) is 50.0 Å². The van der Waals surface area contributed by atoms with Crippen LogP contribution >= 0.6 is 0 Å². The lowest BCUT2D eigenvalue weighted by Crippen LogP contribution is -2.32. The van der Waals surface area contributed by atoms with Gasteiger partial charge in [-0.2, -0.15) is 5.10 Å². The smallest absolute Gasteiger partial charge is 0.407 e. The summed E-state index contributed by atoms with van der Waals surface area (Å²) in [6, 6.07) is 8.57. The van der Waals surface area contributed by atoms with Gasteiger partial charge in [-0.05, 0) is 50.6 Å². The summed E-state index contributed by atoms with van der Waals surface area (Å²) in [5.74, 6) is -1.25. The summed E-state index contributed by atoms with van der Waals surface area (Å²) in [6.07, 6.45) is 2.84. The Bertz CT molecular complexity index is 1640. The molecular weight excluding hydrogens is 530 g/mol. The van der Waals surface area contributed by atoms with Crippen LogP contribution in [-0.4, -0.2) is 53.2 Å². The van der Waals surface area contributed by atoms with Gasteiger partial charge in [0.2, 0.25) is 0 Å². The Labute approximate surface area is 223 Å². The second-order valence-corrected chi connectivity index (χ2v) is 11.2. The van der Waals surface area contributed by atoms with Crippen molar-refractivity contribution in [2.24, 2.45) is 0 Å². The fraction of sp³-hybridized carbons (Fsp3) is 0.280. The number of rotatable bonds is 9. The van der Waals surface area contributed by atoms with Gasteiger partial charge in [0.15, 0.2) is 11.4 Å². The summed E-state index contributed by atoms with van der Waals surface area (Å²) in [5.41, 5.74) is 0.733. The van der Waals surface area contributed by atoms with E-state index < -0.39 is 32.6 Å². The molecule has 1 amide bonds. The maximum absolute atomic E-state index is 13.0. The first-order valence-corrected chi connectivity index (χ1v) is 13.1. The van der Waals surface area contributed by atoms with E-state index in [-0.39, 0.29) is 34.6 Å². The molecule has 0 atom stereocenters. The third kappa shape index (κ3) is 6.46. The van der Waals surface area contributed by atoms with Crippen molar-refractivity contribution in [1.29, 1.82) is 0 Å². The predicted molar refractivity (Wildman–Crippen MR) is 139 cm³/mol. The van der Waals surface area contributed by atoms with Gasteiger partial charge in [0.25, 0.3) is 10.0 Å². The molecule has 2 aromatic carbocycles. The predicted octanol–water partition coefficient (Wildman–Crippen LogP) is 3.60. The molecule has 0 saturated carbocycles. The molecule has 0 fully saturated rings. The van der Waals surface area contributed by atoms with E-state index >= 15 is 0 Å². The van der Waals surface area contributed by atoms with E-state index in [2.05, 4.69) is 20.3 Å². The van der Waals surface area contributed by atoms with Crippen LogP contribution in [0.15, 0.2) is 58.2 Å². The molecule has 206 valence electrons. The second kappa shape index (κ2) is 10.6. The lowest BCUT2D eigenvalue weighted by molar-refractivity contribution is 0.0523. The molecule has 0 unspecified atom stereocenters. The fourth-order valence-corrected chi connectivity index (χ4v) is 4.94. The van der Waals surface area contributed by atoms with E-state index in [1.807, 2.05) is 0 Å². The number of methoxy groups -OCH3 is 1. The highest BCUT2D eigenvalue weighted by molar-refractivity contribution is 7.92. The summed E-state index contributed by atoms with van der Waals surface area (Å²) in [5, 5.41) is 20.5. The van der Waals surface area contributed by atoms with Crippen LogP contribution in [0.2, 0.25) is 0 Å². The number of hydrogen-bond donors (Lipinski definition) is 3.